The molecular formula is C17H28O. The summed E-state index contributed by atoms with van der Waals surface area (Å²) in [6.45, 7) is 17.6. The van der Waals surface area contributed by atoms with Crippen molar-refractivity contribution in [3.05, 3.63) is 28.8 Å². The lowest BCUT2D eigenvalue weighted by Gasteiger charge is -2.26. The van der Waals surface area contributed by atoms with Crippen molar-refractivity contribution in [3.8, 4) is 5.75 Å². The van der Waals surface area contributed by atoms with Crippen LogP contribution in [0.15, 0.2) is 12.1 Å². The number of hydrogen-bond acceptors (Lipinski definition) is 1. The van der Waals surface area contributed by atoms with Crippen LogP contribution >= 0.6 is 0 Å². The molecular weight excluding hydrogens is 220 g/mol. The Morgan fingerprint density at radius 3 is 1.94 bits per heavy atom. The Bertz CT molecular complexity index is 408. The number of rotatable bonds is 3. The average molecular weight is 248 g/mol. The Morgan fingerprint density at radius 2 is 1.56 bits per heavy atom. The third-order valence-electron chi connectivity index (χ3n) is 3.15. The van der Waals surface area contributed by atoms with Gasteiger partial charge in [-0.3, -0.25) is 0 Å². The molecule has 0 saturated heterocycles. The summed E-state index contributed by atoms with van der Waals surface area (Å²) < 4.78 is 5.96. The number of benzene rings is 1. The molecule has 0 unspecified atom stereocenters. The van der Waals surface area contributed by atoms with Crippen molar-refractivity contribution in [2.24, 2.45) is 0 Å². The Morgan fingerprint density at radius 1 is 1.00 bits per heavy atom. The molecule has 102 valence electrons. The molecule has 1 rings (SSSR count). The highest BCUT2D eigenvalue weighted by Gasteiger charge is 2.20. The molecule has 0 amide bonds. The Balaban J connectivity index is 3.35. The van der Waals surface area contributed by atoms with Crippen molar-refractivity contribution in [2.45, 2.75) is 72.8 Å². The molecule has 1 heteroatoms. The van der Waals surface area contributed by atoms with Gasteiger partial charge in [-0.25, -0.2) is 0 Å². The smallest absolute Gasteiger partial charge is 0.123 e. The zero-order valence-corrected chi connectivity index (χ0v) is 13.2. The van der Waals surface area contributed by atoms with Crippen molar-refractivity contribution in [1.29, 1.82) is 0 Å². The second-order valence-corrected chi connectivity index (χ2v) is 6.78. The molecule has 0 bridgehead atoms. The predicted molar refractivity (Wildman–Crippen MR) is 79.7 cm³/mol. The zero-order chi connectivity index (χ0) is 14.1. The summed E-state index contributed by atoms with van der Waals surface area (Å²) in [6, 6.07) is 4.54. The fraction of sp³-hybridized carbons (Fsp3) is 0.647. The molecule has 0 N–H and O–H groups in total. The van der Waals surface area contributed by atoms with Gasteiger partial charge in [0.1, 0.15) is 5.75 Å². The minimum Gasteiger partial charge on any atom is -0.491 e. The third kappa shape index (κ3) is 3.51. The van der Waals surface area contributed by atoms with Crippen LogP contribution in [0.1, 0.15) is 71.1 Å². The topological polar surface area (TPSA) is 9.23 Å². The van der Waals surface area contributed by atoms with Crippen LogP contribution in [-0.2, 0) is 5.41 Å². The molecule has 18 heavy (non-hydrogen) atoms. The molecule has 0 saturated carbocycles. The molecule has 1 aromatic carbocycles. The van der Waals surface area contributed by atoms with E-state index in [1.807, 2.05) is 0 Å². The molecule has 0 radical (unpaired) electrons. The van der Waals surface area contributed by atoms with Gasteiger partial charge in [0.05, 0.1) is 6.10 Å². The Kier molecular flexibility index (Phi) is 4.47. The molecule has 0 atom stereocenters. The first-order valence-corrected chi connectivity index (χ1v) is 6.94. The first-order chi connectivity index (χ1) is 8.12. The fourth-order valence-corrected chi connectivity index (χ4v) is 2.31. The minimum absolute atomic E-state index is 0.185. The van der Waals surface area contributed by atoms with Gasteiger partial charge in [-0.05, 0) is 54.9 Å². The first kappa shape index (κ1) is 15.1. The Hall–Kier alpha value is -0.980. The monoisotopic (exact) mass is 248 g/mol. The molecule has 1 nitrogen and oxygen atoms in total. The van der Waals surface area contributed by atoms with E-state index in [2.05, 4.69) is 67.5 Å². The summed E-state index contributed by atoms with van der Waals surface area (Å²) in [6.07, 6.45) is 0.224. The van der Waals surface area contributed by atoms with Gasteiger partial charge >= 0.3 is 0 Å². The van der Waals surface area contributed by atoms with Crippen LogP contribution in [-0.4, -0.2) is 6.10 Å². The summed E-state index contributed by atoms with van der Waals surface area (Å²) in [5, 5.41) is 0. The van der Waals surface area contributed by atoms with Gasteiger partial charge < -0.3 is 4.74 Å². The van der Waals surface area contributed by atoms with Crippen LogP contribution in [0.25, 0.3) is 0 Å². The lowest BCUT2D eigenvalue weighted by molar-refractivity contribution is 0.239. The van der Waals surface area contributed by atoms with Crippen molar-refractivity contribution >= 4 is 0 Å². The average Bonchev–Trinajstić information content (AvgIpc) is 2.13. The highest BCUT2D eigenvalue weighted by Crippen LogP contribution is 2.35. The SMILES string of the molecule is Cc1cc(OC(C)C)c(C(C)C)cc1C(C)(C)C. The van der Waals surface area contributed by atoms with E-state index in [9.17, 15) is 0 Å². The summed E-state index contributed by atoms with van der Waals surface area (Å²) in [5.74, 6) is 1.53. The first-order valence-electron chi connectivity index (χ1n) is 6.94. The molecule has 0 aliphatic carbocycles. The molecule has 0 heterocycles. The van der Waals surface area contributed by atoms with Gasteiger partial charge in [-0.1, -0.05) is 40.7 Å². The zero-order valence-electron chi connectivity index (χ0n) is 13.2. The Labute approximate surface area is 113 Å². The highest BCUT2D eigenvalue weighted by molar-refractivity contribution is 5.46. The van der Waals surface area contributed by atoms with Gasteiger partial charge in [0, 0.05) is 0 Å². The van der Waals surface area contributed by atoms with E-state index in [1.54, 1.807) is 0 Å². The van der Waals surface area contributed by atoms with Crippen molar-refractivity contribution in [1.82, 2.24) is 0 Å². The van der Waals surface area contributed by atoms with Crippen molar-refractivity contribution in [3.63, 3.8) is 0 Å². The van der Waals surface area contributed by atoms with E-state index in [1.165, 1.54) is 16.7 Å². The van der Waals surface area contributed by atoms with E-state index >= 15 is 0 Å². The fourth-order valence-electron chi connectivity index (χ4n) is 2.31. The number of ether oxygens (including phenoxy) is 1. The van der Waals surface area contributed by atoms with Gasteiger partial charge in [0.2, 0.25) is 0 Å². The number of aryl methyl sites for hydroxylation is 1. The molecule has 0 aliphatic rings. The molecule has 0 fully saturated rings. The molecule has 0 aromatic heterocycles. The predicted octanol–water partition coefficient (Wildman–Crippen LogP) is 5.20. The van der Waals surface area contributed by atoms with Gasteiger partial charge in [-0.15, -0.1) is 0 Å². The second kappa shape index (κ2) is 5.34. The van der Waals surface area contributed by atoms with E-state index in [4.69, 9.17) is 4.74 Å². The van der Waals surface area contributed by atoms with Crippen LogP contribution in [0.2, 0.25) is 0 Å². The minimum atomic E-state index is 0.185. The lowest BCUT2D eigenvalue weighted by Crippen LogP contribution is -2.15. The van der Waals surface area contributed by atoms with E-state index in [-0.39, 0.29) is 11.5 Å². The van der Waals surface area contributed by atoms with E-state index in [0.717, 1.165) is 5.75 Å². The maximum atomic E-state index is 5.96. The maximum Gasteiger partial charge on any atom is 0.123 e. The van der Waals surface area contributed by atoms with Crippen molar-refractivity contribution in [2.75, 3.05) is 0 Å². The highest BCUT2D eigenvalue weighted by atomic mass is 16.5. The normalized spacial score (nSPS) is 12.3. The maximum absolute atomic E-state index is 5.96. The van der Waals surface area contributed by atoms with Crippen LogP contribution in [0.5, 0.6) is 5.75 Å². The molecule has 0 spiro atoms. The molecule has 1 aromatic rings. The van der Waals surface area contributed by atoms with Crippen LogP contribution in [0.4, 0.5) is 0 Å². The summed E-state index contributed by atoms with van der Waals surface area (Å²) in [7, 11) is 0. The lowest BCUT2D eigenvalue weighted by atomic mass is 9.81. The van der Waals surface area contributed by atoms with Crippen LogP contribution in [0, 0.1) is 6.92 Å². The summed E-state index contributed by atoms with van der Waals surface area (Å²) in [5.41, 5.74) is 4.24. The quantitative estimate of drug-likeness (QED) is 0.714. The summed E-state index contributed by atoms with van der Waals surface area (Å²) >= 11 is 0. The number of hydrogen-bond donors (Lipinski definition) is 0. The van der Waals surface area contributed by atoms with E-state index in [0.29, 0.717) is 5.92 Å². The third-order valence-corrected chi connectivity index (χ3v) is 3.15. The largest absolute Gasteiger partial charge is 0.491 e. The molecule has 0 aliphatic heterocycles. The van der Waals surface area contributed by atoms with Gasteiger partial charge in [0.25, 0.3) is 0 Å². The van der Waals surface area contributed by atoms with Crippen molar-refractivity contribution < 1.29 is 4.74 Å². The second-order valence-electron chi connectivity index (χ2n) is 6.78. The summed E-state index contributed by atoms with van der Waals surface area (Å²) in [4.78, 5) is 0. The van der Waals surface area contributed by atoms with E-state index < -0.39 is 0 Å². The van der Waals surface area contributed by atoms with Gasteiger partial charge in [0.15, 0.2) is 0 Å². The van der Waals surface area contributed by atoms with Gasteiger partial charge in [-0.2, -0.15) is 0 Å². The standard InChI is InChI=1S/C17H28O/c1-11(2)14-10-15(17(6,7)8)13(5)9-16(14)18-12(3)4/h9-12H,1-8H3. The van der Waals surface area contributed by atoms with Crippen LogP contribution < -0.4 is 4.74 Å². The van der Waals surface area contributed by atoms with Crippen LogP contribution in [0.3, 0.4) is 0 Å².